The highest BCUT2D eigenvalue weighted by molar-refractivity contribution is 7.86. The van der Waals surface area contributed by atoms with Crippen molar-refractivity contribution in [3.8, 4) is 17.2 Å². The van der Waals surface area contributed by atoms with Crippen molar-refractivity contribution in [2.75, 3.05) is 30.9 Å². The van der Waals surface area contributed by atoms with Crippen LogP contribution < -0.4 is 19.0 Å². The Bertz CT molecular complexity index is 1480. The summed E-state index contributed by atoms with van der Waals surface area (Å²) < 4.78 is 71.2. The Morgan fingerprint density at radius 3 is 2.02 bits per heavy atom. The molecule has 4 rings (SSSR count). The molecule has 0 spiro atoms. The van der Waals surface area contributed by atoms with Gasteiger partial charge >= 0.3 is 10.1 Å². The molecule has 2 heterocycles. The number of anilines is 1. The summed E-state index contributed by atoms with van der Waals surface area (Å²) in [6.07, 6.45) is 3.80. The number of hydrogen-bond donors (Lipinski definition) is 2. The van der Waals surface area contributed by atoms with E-state index in [1.165, 1.54) is 5.56 Å². The van der Waals surface area contributed by atoms with Crippen LogP contribution in [0.4, 0.5) is 6.01 Å². The van der Waals surface area contributed by atoms with E-state index in [4.69, 9.17) is 22.6 Å². The summed E-state index contributed by atoms with van der Waals surface area (Å²) in [6.45, 7) is 10.8. The largest absolute Gasteiger partial charge is 0.491 e. The average molecular weight is 614 g/mol. The third kappa shape index (κ3) is 12.1. The molecule has 41 heavy (non-hydrogen) atoms. The average Bonchev–Trinajstić information content (AvgIpc) is 3.18. The van der Waals surface area contributed by atoms with Gasteiger partial charge in [-0.3, -0.25) is 9.45 Å². The Balaban J connectivity index is 0.000000850. The van der Waals surface area contributed by atoms with Gasteiger partial charge in [0.25, 0.3) is 16.1 Å². The summed E-state index contributed by atoms with van der Waals surface area (Å²) >= 11 is 0. The molecular weight excluding hydrogens is 574 g/mol. The molecule has 3 aromatic rings. The first-order valence-corrected chi connectivity index (χ1v) is 16.9. The Morgan fingerprint density at radius 1 is 0.951 bits per heavy atom. The van der Waals surface area contributed by atoms with Crippen LogP contribution in [0.3, 0.4) is 0 Å². The van der Waals surface area contributed by atoms with Crippen LogP contribution in [0.5, 0.6) is 17.2 Å². The molecule has 0 atom stereocenters. The zero-order valence-electron chi connectivity index (χ0n) is 24.2. The van der Waals surface area contributed by atoms with Gasteiger partial charge in [0.2, 0.25) is 0 Å². The quantitative estimate of drug-likeness (QED) is 0.247. The van der Waals surface area contributed by atoms with Crippen molar-refractivity contribution in [1.29, 1.82) is 0 Å². The molecule has 2 aromatic carbocycles. The molecule has 0 aliphatic carbocycles. The first kappa shape index (κ1) is 32.4. The van der Waals surface area contributed by atoms with Crippen LogP contribution in [0, 0.1) is 0 Å². The Labute approximate surface area is 241 Å². The number of oxazole rings is 1. The monoisotopic (exact) mass is 613 g/mol. The zero-order chi connectivity index (χ0) is 30.4. The lowest BCUT2D eigenvalue weighted by atomic mass is 10.0. The van der Waals surface area contributed by atoms with Gasteiger partial charge in [0.1, 0.15) is 22.8 Å². The van der Waals surface area contributed by atoms with Gasteiger partial charge in [-0.05, 0) is 70.4 Å². The second kappa shape index (κ2) is 13.7. The summed E-state index contributed by atoms with van der Waals surface area (Å²) in [4.78, 5) is 6.88. The van der Waals surface area contributed by atoms with Gasteiger partial charge in [0.05, 0.1) is 24.7 Å². The number of benzene rings is 2. The lowest BCUT2D eigenvalue weighted by Gasteiger charge is -2.32. The molecule has 0 bridgehead atoms. The second-order valence-electron chi connectivity index (χ2n) is 10.5. The number of rotatable bonds is 10. The van der Waals surface area contributed by atoms with Crippen LogP contribution in [0.2, 0.25) is 0 Å². The zero-order valence-corrected chi connectivity index (χ0v) is 25.8. The van der Waals surface area contributed by atoms with Crippen molar-refractivity contribution in [1.82, 2.24) is 9.88 Å². The molecule has 14 heteroatoms. The number of fused-ring (bicyclic) bond motifs is 1. The van der Waals surface area contributed by atoms with Gasteiger partial charge < -0.3 is 23.4 Å². The van der Waals surface area contributed by atoms with E-state index in [-0.39, 0.29) is 24.0 Å². The lowest BCUT2D eigenvalue weighted by molar-refractivity contribution is 0.207. The predicted molar refractivity (Wildman–Crippen MR) is 157 cm³/mol. The van der Waals surface area contributed by atoms with Crippen LogP contribution in [0.1, 0.15) is 46.1 Å². The van der Waals surface area contributed by atoms with Crippen molar-refractivity contribution in [3.63, 3.8) is 0 Å². The molecule has 228 valence electrons. The van der Waals surface area contributed by atoms with Gasteiger partial charge in [0, 0.05) is 37.8 Å². The number of likely N-dealkylation sites (tertiary alicyclic amines) is 1. The van der Waals surface area contributed by atoms with E-state index < -0.39 is 20.2 Å². The first-order chi connectivity index (χ1) is 19.0. The Hall–Kier alpha value is -3.07. The van der Waals surface area contributed by atoms with E-state index in [1.807, 2.05) is 33.8 Å². The van der Waals surface area contributed by atoms with Gasteiger partial charge in [-0.15, -0.1) is 0 Å². The standard InChI is InChI=1S/C26H35N3O6S.CH4O3S/c1-17(2)32-22-12-19(13-23(14-22)33-18(3)4)16-29-10-8-20(9-11-29)27-26-28-24-15-21(35-36(5,30)31)6-7-25(24)34-26;1-5(2,3)4/h6-7,12-15,17-18,20H,8-11,16H2,1-5H3,(H,27,28);1H3,(H,2,3,4). The third-order valence-corrected chi connectivity index (χ3v) is 6.11. The van der Waals surface area contributed by atoms with Gasteiger partial charge in [-0.2, -0.15) is 21.8 Å². The maximum atomic E-state index is 11.4. The van der Waals surface area contributed by atoms with Crippen LogP contribution in [-0.2, 0) is 26.8 Å². The third-order valence-electron chi connectivity index (χ3n) is 5.61. The van der Waals surface area contributed by atoms with Crippen LogP contribution in [0.25, 0.3) is 11.1 Å². The molecule has 0 amide bonds. The molecule has 1 fully saturated rings. The molecule has 0 radical (unpaired) electrons. The molecule has 1 aliphatic rings. The minimum atomic E-state index is -3.67. The van der Waals surface area contributed by atoms with Crippen LogP contribution in [0.15, 0.2) is 40.8 Å². The number of hydrogen-bond acceptors (Lipinski definition) is 11. The fraction of sp³-hybridized carbons (Fsp3) is 0.519. The maximum absolute atomic E-state index is 11.4. The van der Waals surface area contributed by atoms with E-state index in [1.54, 1.807) is 18.2 Å². The van der Waals surface area contributed by atoms with Gasteiger partial charge in [-0.1, -0.05) is 0 Å². The number of piperidine rings is 1. The molecule has 1 aromatic heterocycles. The fourth-order valence-electron chi connectivity index (χ4n) is 4.27. The SMILES string of the molecule is CC(C)Oc1cc(CN2CCC(Nc3nc4cc(OS(C)(=O)=O)ccc4o3)CC2)cc(OC(C)C)c1.CS(=O)(=O)O. The Morgan fingerprint density at radius 2 is 1.51 bits per heavy atom. The molecule has 1 saturated heterocycles. The molecular formula is C27H39N3O9S2. The summed E-state index contributed by atoms with van der Waals surface area (Å²) in [5.74, 6) is 1.87. The predicted octanol–water partition coefficient (Wildman–Crippen LogP) is 4.32. The highest BCUT2D eigenvalue weighted by Gasteiger charge is 2.21. The van der Waals surface area contributed by atoms with E-state index in [9.17, 15) is 16.8 Å². The fourth-order valence-corrected chi connectivity index (χ4v) is 4.72. The highest BCUT2D eigenvalue weighted by atomic mass is 32.2. The Kier molecular flexibility index (Phi) is 10.9. The smallest absolute Gasteiger partial charge is 0.306 e. The minimum Gasteiger partial charge on any atom is -0.491 e. The van der Waals surface area contributed by atoms with E-state index in [0.717, 1.165) is 50.2 Å². The number of ether oxygens (including phenoxy) is 2. The highest BCUT2D eigenvalue weighted by Crippen LogP contribution is 2.28. The normalized spacial score (nSPS) is 15.0. The molecule has 0 unspecified atom stereocenters. The number of nitrogens with zero attached hydrogens (tertiary/aromatic N) is 2. The van der Waals surface area contributed by atoms with Crippen molar-refractivity contribution >= 4 is 37.4 Å². The maximum Gasteiger partial charge on any atom is 0.306 e. The lowest BCUT2D eigenvalue weighted by Crippen LogP contribution is -2.38. The molecule has 12 nitrogen and oxygen atoms in total. The minimum absolute atomic E-state index is 0.0969. The van der Waals surface area contributed by atoms with Crippen LogP contribution in [-0.4, -0.2) is 75.1 Å². The van der Waals surface area contributed by atoms with E-state index in [2.05, 4.69) is 27.3 Å². The van der Waals surface area contributed by atoms with E-state index >= 15 is 0 Å². The molecule has 0 saturated carbocycles. The summed E-state index contributed by atoms with van der Waals surface area (Å²) in [5, 5.41) is 3.38. The summed E-state index contributed by atoms with van der Waals surface area (Å²) in [7, 11) is -7.26. The van der Waals surface area contributed by atoms with Gasteiger partial charge in [0.15, 0.2) is 5.58 Å². The van der Waals surface area contributed by atoms with Crippen LogP contribution >= 0.6 is 0 Å². The van der Waals surface area contributed by atoms with Crippen molar-refractivity contribution < 1.29 is 39.5 Å². The van der Waals surface area contributed by atoms with Crippen molar-refractivity contribution in [3.05, 3.63) is 42.0 Å². The molecule has 2 N–H and O–H groups in total. The van der Waals surface area contributed by atoms with Gasteiger partial charge in [-0.25, -0.2) is 0 Å². The first-order valence-electron chi connectivity index (χ1n) is 13.2. The summed E-state index contributed by atoms with van der Waals surface area (Å²) in [5.41, 5.74) is 2.28. The second-order valence-corrected chi connectivity index (χ2v) is 13.6. The number of nitrogens with one attached hydrogen (secondary N) is 1. The van der Waals surface area contributed by atoms with Crippen molar-refractivity contribution in [2.24, 2.45) is 0 Å². The summed E-state index contributed by atoms with van der Waals surface area (Å²) in [6, 6.07) is 11.6. The van der Waals surface area contributed by atoms with E-state index in [0.29, 0.717) is 23.4 Å². The molecule has 1 aliphatic heterocycles. The number of aromatic nitrogens is 1. The van der Waals surface area contributed by atoms with Crippen molar-refractivity contribution in [2.45, 2.75) is 65.3 Å². The topological polar surface area (TPSA) is 158 Å².